The molecule has 1 aliphatic rings. The van der Waals surface area contributed by atoms with Crippen LogP contribution in [-0.2, 0) is 14.8 Å². The van der Waals surface area contributed by atoms with Crippen LogP contribution in [0.4, 0.5) is 11.4 Å². The Labute approximate surface area is 131 Å². The first-order valence-corrected chi connectivity index (χ1v) is 9.14. The second-order valence-electron chi connectivity index (χ2n) is 5.61. The Morgan fingerprint density at radius 1 is 1.14 bits per heavy atom. The van der Waals surface area contributed by atoms with Crippen molar-refractivity contribution in [1.29, 1.82) is 0 Å². The minimum atomic E-state index is -3.25. The quantitative estimate of drug-likeness (QED) is 0.746. The Bertz CT molecular complexity index is 605. The normalized spacial score (nSPS) is 22.0. The van der Waals surface area contributed by atoms with E-state index in [1.807, 2.05) is 12.1 Å². The zero-order chi connectivity index (χ0) is 16.2. The molecule has 7 heteroatoms. The van der Waals surface area contributed by atoms with E-state index in [1.54, 1.807) is 19.1 Å². The van der Waals surface area contributed by atoms with Gasteiger partial charge in [-0.05, 0) is 56.9 Å². The van der Waals surface area contributed by atoms with Crippen molar-refractivity contribution in [3.05, 3.63) is 24.3 Å². The lowest BCUT2D eigenvalue weighted by molar-refractivity contribution is -0.142. The molecule has 1 aliphatic carbocycles. The van der Waals surface area contributed by atoms with Crippen molar-refractivity contribution in [2.45, 2.75) is 38.6 Å². The SMILES string of the molecule is CCS(=O)(=O)Nc1ccc(NC2CCC(C(=O)O)CC2)cc1. The van der Waals surface area contributed by atoms with Crippen LogP contribution in [0.25, 0.3) is 0 Å². The third kappa shape index (κ3) is 4.62. The molecule has 0 spiro atoms. The van der Waals surface area contributed by atoms with Gasteiger partial charge in [-0.2, -0.15) is 0 Å². The highest BCUT2D eigenvalue weighted by Crippen LogP contribution is 2.27. The molecule has 0 atom stereocenters. The van der Waals surface area contributed by atoms with Crippen molar-refractivity contribution in [3.63, 3.8) is 0 Å². The standard InChI is InChI=1S/C15H22N2O4S/c1-2-22(20,21)17-14-9-7-13(8-10-14)16-12-5-3-11(4-6-12)15(18)19/h7-12,16-17H,2-6H2,1H3,(H,18,19). The Kier molecular flexibility index (Phi) is 5.28. The molecule has 0 aliphatic heterocycles. The van der Waals surface area contributed by atoms with E-state index in [1.165, 1.54) is 0 Å². The van der Waals surface area contributed by atoms with Gasteiger partial charge < -0.3 is 10.4 Å². The summed E-state index contributed by atoms with van der Waals surface area (Å²) in [7, 11) is -3.25. The fourth-order valence-corrected chi connectivity index (χ4v) is 3.25. The number of rotatable bonds is 6. The van der Waals surface area contributed by atoms with Gasteiger partial charge in [-0.15, -0.1) is 0 Å². The maximum Gasteiger partial charge on any atom is 0.306 e. The van der Waals surface area contributed by atoms with E-state index in [4.69, 9.17) is 5.11 Å². The lowest BCUT2D eigenvalue weighted by Gasteiger charge is -2.27. The highest BCUT2D eigenvalue weighted by molar-refractivity contribution is 7.92. The maximum absolute atomic E-state index is 11.5. The van der Waals surface area contributed by atoms with Gasteiger partial charge in [0.2, 0.25) is 10.0 Å². The summed E-state index contributed by atoms with van der Waals surface area (Å²) in [5.74, 6) is -0.880. The second kappa shape index (κ2) is 7.00. The number of sulfonamides is 1. The van der Waals surface area contributed by atoms with Crippen molar-refractivity contribution >= 4 is 27.4 Å². The smallest absolute Gasteiger partial charge is 0.306 e. The van der Waals surface area contributed by atoms with Crippen LogP contribution in [0.3, 0.4) is 0 Å². The molecule has 0 heterocycles. The number of aliphatic carboxylic acids is 1. The molecule has 22 heavy (non-hydrogen) atoms. The van der Waals surface area contributed by atoms with Crippen LogP contribution < -0.4 is 10.0 Å². The van der Waals surface area contributed by atoms with E-state index >= 15 is 0 Å². The van der Waals surface area contributed by atoms with Crippen LogP contribution in [0.15, 0.2) is 24.3 Å². The Hall–Kier alpha value is -1.76. The molecule has 1 fully saturated rings. The summed E-state index contributed by atoms with van der Waals surface area (Å²) in [6.45, 7) is 1.59. The molecular formula is C15H22N2O4S. The van der Waals surface area contributed by atoms with Gasteiger partial charge in [0, 0.05) is 17.4 Å². The molecular weight excluding hydrogens is 304 g/mol. The largest absolute Gasteiger partial charge is 0.481 e. The average Bonchev–Trinajstić information content (AvgIpc) is 2.49. The van der Waals surface area contributed by atoms with Crippen LogP contribution in [0.5, 0.6) is 0 Å². The molecule has 0 saturated heterocycles. The van der Waals surface area contributed by atoms with E-state index in [0.29, 0.717) is 18.5 Å². The first kappa shape index (κ1) is 16.6. The third-order valence-corrected chi connectivity index (χ3v) is 5.29. The molecule has 6 nitrogen and oxygen atoms in total. The number of carboxylic acid groups (broad SMARTS) is 1. The summed E-state index contributed by atoms with van der Waals surface area (Å²) in [4.78, 5) is 10.9. The zero-order valence-corrected chi connectivity index (χ0v) is 13.4. The van der Waals surface area contributed by atoms with Gasteiger partial charge in [0.25, 0.3) is 0 Å². The van der Waals surface area contributed by atoms with Crippen LogP contribution in [0.2, 0.25) is 0 Å². The lowest BCUT2D eigenvalue weighted by atomic mass is 9.86. The first-order valence-electron chi connectivity index (χ1n) is 7.49. The number of nitrogens with one attached hydrogen (secondary N) is 2. The molecule has 0 bridgehead atoms. The first-order chi connectivity index (χ1) is 10.4. The minimum Gasteiger partial charge on any atom is -0.481 e. The minimum absolute atomic E-state index is 0.0415. The predicted octanol–water partition coefficient (Wildman–Crippen LogP) is 2.50. The average molecular weight is 326 g/mol. The van der Waals surface area contributed by atoms with Crippen LogP contribution in [0, 0.1) is 5.92 Å². The van der Waals surface area contributed by atoms with Gasteiger partial charge in [-0.3, -0.25) is 9.52 Å². The molecule has 0 aromatic heterocycles. The summed E-state index contributed by atoms with van der Waals surface area (Å²) in [6.07, 6.45) is 3.06. The monoisotopic (exact) mass is 326 g/mol. The molecule has 1 aromatic carbocycles. The molecule has 0 unspecified atom stereocenters. The molecule has 0 radical (unpaired) electrons. The van der Waals surface area contributed by atoms with Crippen LogP contribution >= 0.6 is 0 Å². The molecule has 1 saturated carbocycles. The fourth-order valence-electron chi connectivity index (χ4n) is 2.61. The Morgan fingerprint density at radius 2 is 1.68 bits per heavy atom. The molecule has 3 N–H and O–H groups in total. The summed E-state index contributed by atoms with van der Waals surface area (Å²) in [5.41, 5.74) is 1.46. The van der Waals surface area contributed by atoms with E-state index in [9.17, 15) is 13.2 Å². The fraction of sp³-hybridized carbons (Fsp3) is 0.533. The van der Waals surface area contributed by atoms with E-state index in [-0.39, 0.29) is 17.7 Å². The van der Waals surface area contributed by atoms with Crippen molar-refractivity contribution in [2.24, 2.45) is 5.92 Å². The number of hydrogen-bond acceptors (Lipinski definition) is 4. The summed E-state index contributed by atoms with van der Waals surface area (Å²) >= 11 is 0. The highest BCUT2D eigenvalue weighted by atomic mass is 32.2. The highest BCUT2D eigenvalue weighted by Gasteiger charge is 2.25. The van der Waals surface area contributed by atoms with Crippen LogP contribution in [0.1, 0.15) is 32.6 Å². The number of carbonyl (C=O) groups is 1. The second-order valence-corrected chi connectivity index (χ2v) is 7.62. The summed E-state index contributed by atoms with van der Waals surface area (Å²) in [5, 5.41) is 12.4. The van der Waals surface area contributed by atoms with Crippen molar-refractivity contribution in [3.8, 4) is 0 Å². The summed E-state index contributed by atoms with van der Waals surface area (Å²) < 4.78 is 25.5. The van der Waals surface area contributed by atoms with Crippen molar-refractivity contribution < 1.29 is 18.3 Å². The lowest BCUT2D eigenvalue weighted by Crippen LogP contribution is -2.29. The maximum atomic E-state index is 11.5. The third-order valence-electron chi connectivity index (χ3n) is 3.99. The Balaban J connectivity index is 1.88. The van der Waals surface area contributed by atoms with Gasteiger partial charge in [0.05, 0.1) is 11.7 Å². The van der Waals surface area contributed by atoms with Gasteiger partial charge in [-0.1, -0.05) is 0 Å². The van der Waals surface area contributed by atoms with E-state index in [2.05, 4.69) is 10.0 Å². The predicted molar refractivity (Wildman–Crippen MR) is 86.5 cm³/mol. The van der Waals surface area contributed by atoms with Gasteiger partial charge in [0.1, 0.15) is 0 Å². The van der Waals surface area contributed by atoms with Crippen LogP contribution in [-0.4, -0.2) is 31.3 Å². The van der Waals surface area contributed by atoms with Crippen molar-refractivity contribution in [1.82, 2.24) is 0 Å². The van der Waals surface area contributed by atoms with Gasteiger partial charge >= 0.3 is 5.97 Å². The molecule has 1 aromatic rings. The number of carboxylic acids is 1. The van der Waals surface area contributed by atoms with Gasteiger partial charge in [0.15, 0.2) is 0 Å². The van der Waals surface area contributed by atoms with Gasteiger partial charge in [-0.25, -0.2) is 8.42 Å². The number of hydrogen-bond donors (Lipinski definition) is 3. The number of benzene rings is 1. The topological polar surface area (TPSA) is 95.5 Å². The number of anilines is 2. The van der Waals surface area contributed by atoms with Crippen molar-refractivity contribution in [2.75, 3.05) is 15.8 Å². The van der Waals surface area contributed by atoms with E-state index in [0.717, 1.165) is 18.5 Å². The molecule has 0 amide bonds. The molecule has 122 valence electrons. The Morgan fingerprint density at radius 3 is 2.18 bits per heavy atom. The summed E-state index contributed by atoms with van der Waals surface area (Å²) in [6, 6.07) is 7.37. The zero-order valence-electron chi connectivity index (χ0n) is 12.6. The molecule has 2 rings (SSSR count). The van der Waals surface area contributed by atoms with E-state index < -0.39 is 16.0 Å².